The van der Waals surface area contributed by atoms with Crippen LogP contribution in [-0.4, -0.2) is 21.9 Å². The molecule has 1 saturated carbocycles. The van der Waals surface area contributed by atoms with Gasteiger partial charge in [0.2, 0.25) is 0 Å². The van der Waals surface area contributed by atoms with Gasteiger partial charge in [0, 0.05) is 31.4 Å². The summed E-state index contributed by atoms with van der Waals surface area (Å²) in [6, 6.07) is 0. The van der Waals surface area contributed by atoms with Crippen LogP contribution < -0.4 is 5.73 Å². The second-order valence-corrected chi connectivity index (χ2v) is 5.15. The fraction of sp³-hybridized carbons (Fsp3) is 0.714. The average molecular weight is 248 g/mol. The number of hydrogen-bond donors (Lipinski definition) is 1. The van der Waals surface area contributed by atoms with Gasteiger partial charge in [-0.3, -0.25) is 4.99 Å². The van der Waals surface area contributed by atoms with Crippen molar-refractivity contribution in [2.75, 3.05) is 6.54 Å². The van der Waals surface area contributed by atoms with E-state index < -0.39 is 0 Å². The minimum atomic E-state index is 0.562. The van der Waals surface area contributed by atoms with Gasteiger partial charge in [-0.25, -0.2) is 4.98 Å². The molecule has 18 heavy (non-hydrogen) atoms. The summed E-state index contributed by atoms with van der Waals surface area (Å²) in [5, 5.41) is 0. The van der Waals surface area contributed by atoms with Crippen LogP contribution >= 0.6 is 0 Å². The van der Waals surface area contributed by atoms with Crippen LogP contribution in [0.5, 0.6) is 0 Å². The highest BCUT2D eigenvalue weighted by atomic mass is 15.0. The molecule has 4 heteroatoms. The summed E-state index contributed by atoms with van der Waals surface area (Å²) in [6.07, 6.45) is 14.4. The molecule has 1 fully saturated rings. The van der Waals surface area contributed by atoms with Crippen LogP contribution in [-0.2, 0) is 6.54 Å². The summed E-state index contributed by atoms with van der Waals surface area (Å²) in [5.41, 5.74) is 6.06. The molecule has 0 radical (unpaired) electrons. The average Bonchev–Trinajstić information content (AvgIpc) is 2.92. The second-order valence-electron chi connectivity index (χ2n) is 5.15. The van der Waals surface area contributed by atoms with E-state index in [2.05, 4.69) is 14.5 Å². The lowest BCUT2D eigenvalue weighted by Crippen LogP contribution is -2.26. The van der Waals surface area contributed by atoms with Crippen molar-refractivity contribution in [2.24, 2.45) is 16.6 Å². The molecule has 1 aromatic rings. The van der Waals surface area contributed by atoms with Crippen LogP contribution in [0.15, 0.2) is 23.7 Å². The molecular formula is C14H24N4. The van der Waals surface area contributed by atoms with E-state index in [0.717, 1.165) is 31.8 Å². The van der Waals surface area contributed by atoms with Crippen molar-refractivity contribution in [2.45, 2.75) is 51.5 Å². The van der Waals surface area contributed by atoms with Crippen molar-refractivity contribution in [1.29, 1.82) is 0 Å². The van der Waals surface area contributed by atoms with E-state index in [1.807, 2.05) is 18.7 Å². The Morgan fingerprint density at radius 1 is 1.28 bits per heavy atom. The molecule has 0 amide bonds. The second kappa shape index (κ2) is 7.19. The lowest BCUT2D eigenvalue weighted by Gasteiger charge is -2.20. The predicted molar refractivity (Wildman–Crippen MR) is 74.5 cm³/mol. The van der Waals surface area contributed by atoms with Crippen LogP contribution in [0.3, 0.4) is 0 Å². The zero-order valence-corrected chi connectivity index (χ0v) is 11.1. The number of aryl methyl sites for hydroxylation is 1. The van der Waals surface area contributed by atoms with Crippen molar-refractivity contribution in [1.82, 2.24) is 9.55 Å². The molecule has 0 aliphatic heterocycles. The number of hydrogen-bond acceptors (Lipinski definition) is 2. The first kappa shape index (κ1) is 13.1. The monoisotopic (exact) mass is 248 g/mol. The molecule has 4 nitrogen and oxygen atoms in total. The number of aliphatic imine (C=N–C) groups is 1. The first-order valence-electron chi connectivity index (χ1n) is 7.12. The highest BCUT2D eigenvalue weighted by Crippen LogP contribution is 2.23. The SMILES string of the molecule is NC(=NCCCCn1ccnc1)C1CCCCC1. The molecule has 1 aromatic heterocycles. The molecule has 100 valence electrons. The maximum Gasteiger partial charge on any atom is 0.0968 e. The molecule has 1 heterocycles. The number of nitrogens with zero attached hydrogens (tertiary/aromatic N) is 3. The third-order valence-electron chi connectivity index (χ3n) is 3.70. The van der Waals surface area contributed by atoms with Gasteiger partial charge in [-0.1, -0.05) is 19.3 Å². The van der Waals surface area contributed by atoms with Crippen LogP contribution in [0.1, 0.15) is 44.9 Å². The normalized spacial score (nSPS) is 18.1. The molecular weight excluding hydrogens is 224 g/mol. The molecule has 0 bridgehead atoms. The van der Waals surface area contributed by atoms with Gasteiger partial charge < -0.3 is 10.3 Å². The van der Waals surface area contributed by atoms with E-state index >= 15 is 0 Å². The van der Waals surface area contributed by atoms with Crippen molar-refractivity contribution >= 4 is 5.84 Å². The van der Waals surface area contributed by atoms with Gasteiger partial charge in [-0.2, -0.15) is 0 Å². The third kappa shape index (κ3) is 4.17. The summed E-state index contributed by atoms with van der Waals surface area (Å²) in [5.74, 6) is 1.46. The minimum Gasteiger partial charge on any atom is -0.387 e. The molecule has 2 N–H and O–H groups in total. The van der Waals surface area contributed by atoms with E-state index in [0.29, 0.717) is 5.92 Å². The summed E-state index contributed by atoms with van der Waals surface area (Å²) < 4.78 is 2.11. The molecule has 0 aromatic carbocycles. The van der Waals surface area contributed by atoms with Crippen molar-refractivity contribution in [3.05, 3.63) is 18.7 Å². The van der Waals surface area contributed by atoms with Gasteiger partial charge >= 0.3 is 0 Å². The summed E-state index contributed by atoms with van der Waals surface area (Å²) in [6.45, 7) is 1.90. The molecule has 0 unspecified atom stereocenters. The number of imidazole rings is 1. The maximum atomic E-state index is 6.06. The maximum absolute atomic E-state index is 6.06. The topological polar surface area (TPSA) is 56.2 Å². The minimum absolute atomic E-state index is 0.562. The molecule has 0 spiro atoms. The van der Waals surface area contributed by atoms with E-state index in [-0.39, 0.29) is 0 Å². The zero-order valence-electron chi connectivity index (χ0n) is 11.1. The Kier molecular flexibility index (Phi) is 5.24. The molecule has 1 aliphatic rings. The largest absolute Gasteiger partial charge is 0.387 e. The third-order valence-corrected chi connectivity index (χ3v) is 3.70. The van der Waals surface area contributed by atoms with Crippen LogP contribution in [0, 0.1) is 5.92 Å². The molecule has 0 atom stereocenters. The molecule has 0 saturated heterocycles. The first-order valence-corrected chi connectivity index (χ1v) is 7.12. The van der Waals surface area contributed by atoms with Crippen molar-refractivity contribution in [3.8, 4) is 0 Å². The van der Waals surface area contributed by atoms with Crippen LogP contribution in [0.2, 0.25) is 0 Å². The number of unbranched alkanes of at least 4 members (excludes halogenated alkanes) is 1. The molecule has 2 rings (SSSR count). The van der Waals surface area contributed by atoms with E-state index in [1.165, 1.54) is 32.1 Å². The Labute approximate surface area is 109 Å². The number of nitrogens with two attached hydrogens (primary N) is 1. The summed E-state index contributed by atoms with van der Waals surface area (Å²) >= 11 is 0. The Morgan fingerprint density at radius 2 is 2.11 bits per heavy atom. The van der Waals surface area contributed by atoms with Crippen molar-refractivity contribution < 1.29 is 0 Å². The number of rotatable bonds is 6. The smallest absolute Gasteiger partial charge is 0.0968 e. The Hall–Kier alpha value is -1.32. The number of amidine groups is 1. The van der Waals surface area contributed by atoms with Gasteiger partial charge in [0.25, 0.3) is 0 Å². The molecule has 1 aliphatic carbocycles. The van der Waals surface area contributed by atoms with Gasteiger partial charge in [-0.05, 0) is 25.7 Å². The quantitative estimate of drug-likeness (QED) is 0.478. The van der Waals surface area contributed by atoms with Crippen LogP contribution in [0.4, 0.5) is 0 Å². The fourth-order valence-electron chi connectivity index (χ4n) is 2.56. The van der Waals surface area contributed by atoms with Gasteiger partial charge in [0.15, 0.2) is 0 Å². The Morgan fingerprint density at radius 3 is 2.83 bits per heavy atom. The zero-order chi connectivity index (χ0) is 12.6. The lowest BCUT2D eigenvalue weighted by atomic mass is 9.88. The standard InChI is InChI=1S/C14H24N4/c15-14(13-6-2-1-3-7-13)17-8-4-5-10-18-11-9-16-12-18/h9,11-13H,1-8,10H2,(H2,15,17). The number of aromatic nitrogens is 2. The Balaban J connectivity index is 1.61. The predicted octanol–water partition coefficient (Wildman–Crippen LogP) is 2.60. The lowest BCUT2D eigenvalue weighted by molar-refractivity contribution is 0.436. The first-order chi connectivity index (χ1) is 8.86. The van der Waals surface area contributed by atoms with Gasteiger partial charge in [0.1, 0.15) is 0 Å². The summed E-state index contributed by atoms with van der Waals surface area (Å²) in [7, 11) is 0. The fourth-order valence-corrected chi connectivity index (χ4v) is 2.56. The van der Waals surface area contributed by atoms with Gasteiger partial charge in [-0.15, -0.1) is 0 Å². The van der Waals surface area contributed by atoms with E-state index in [4.69, 9.17) is 5.73 Å². The van der Waals surface area contributed by atoms with Crippen molar-refractivity contribution in [3.63, 3.8) is 0 Å². The summed E-state index contributed by atoms with van der Waals surface area (Å²) in [4.78, 5) is 8.56. The van der Waals surface area contributed by atoms with Crippen LogP contribution in [0.25, 0.3) is 0 Å². The van der Waals surface area contributed by atoms with Gasteiger partial charge in [0.05, 0.1) is 12.2 Å². The highest BCUT2D eigenvalue weighted by Gasteiger charge is 2.16. The Bertz CT molecular complexity index is 350. The van der Waals surface area contributed by atoms with E-state index in [9.17, 15) is 0 Å². The highest BCUT2D eigenvalue weighted by molar-refractivity contribution is 5.82. The van der Waals surface area contributed by atoms with E-state index in [1.54, 1.807) is 0 Å².